The molecule has 0 aromatic heterocycles. The molecule has 0 bridgehead atoms. The van der Waals surface area contributed by atoms with E-state index in [4.69, 9.17) is 0 Å². The molecule has 0 spiro atoms. The molecule has 1 heterocycles. The summed E-state index contributed by atoms with van der Waals surface area (Å²) in [4.78, 5) is 12.7. The molecule has 1 aliphatic heterocycles. The average Bonchev–Trinajstić information content (AvgIpc) is 2.40. The van der Waals surface area contributed by atoms with Crippen molar-refractivity contribution in [1.29, 1.82) is 0 Å². The molecule has 0 aliphatic carbocycles. The highest BCUT2D eigenvalue weighted by Crippen LogP contribution is 2.32. The van der Waals surface area contributed by atoms with E-state index in [1.54, 1.807) is 0 Å². The van der Waals surface area contributed by atoms with Crippen LogP contribution < -0.4 is 0 Å². The smallest absolute Gasteiger partial charge is 0.327 e. The summed E-state index contributed by atoms with van der Waals surface area (Å²) in [5, 5.41) is 0. The number of hydrogen-bond donors (Lipinski definition) is 0. The van der Waals surface area contributed by atoms with Crippen molar-refractivity contribution < 1.29 is 26.7 Å². The van der Waals surface area contributed by atoms with E-state index in [-0.39, 0.29) is 18.5 Å². The summed E-state index contributed by atoms with van der Waals surface area (Å²) in [6, 6.07) is 0.481. The number of piperidine rings is 1. The zero-order chi connectivity index (χ0) is 14.9. The van der Waals surface area contributed by atoms with Crippen molar-refractivity contribution in [2.45, 2.75) is 31.5 Å². The Bertz CT molecular complexity index is 514. The number of rotatable bonds is 1. The molecule has 1 saturated heterocycles. The van der Waals surface area contributed by atoms with E-state index in [1.807, 2.05) is 0 Å². The van der Waals surface area contributed by atoms with Crippen LogP contribution in [0.4, 0.5) is 22.0 Å². The fourth-order valence-corrected chi connectivity index (χ4v) is 2.31. The molecule has 2 nitrogen and oxygen atoms in total. The van der Waals surface area contributed by atoms with E-state index >= 15 is 0 Å². The van der Waals surface area contributed by atoms with Gasteiger partial charge in [0.1, 0.15) is 6.04 Å². The van der Waals surface area contributed by atoms with Gasteiger partial charge < -0.3 is 4.90 Å². The van der Waals surface area contributed by atoms with Gasteiger partial charge in [-0.15, -0.1) is 0 Å². The molecular formula is C13H12F5NO. The Morgan fingerprint density at radius 2 is 1.85 bits per heavy atom. The predicted octanol–water partition coefficient (Wildman–Crippen LogP) is 3.52. The lowest BCUT2D eigenvalue weighted by atomic mass is 10.0. The molecule has 1 atom stereocenters. The van der Waals surface area contributed by atoms with E-state index < -0.39 is 29.8 Å². The van der Waals surface area contributed by atoms with Gasteiger partial charge in [-0.2, -0.15) is 13.2 Å². The highest BCUT2D eigenvalue weighted by Gasteiger charge is 2.46. The standard InChI is InChI=1S/C13H12F5NO/c14-9-5-4-8(7-10(9)15)12(20)19-6-2-1-3-11(19)13(16,17)18/h4-5,7,11H,1-3,6H2/t11-/m1/s1. The van der Waals surface area contributed by atoms with Crippen LogP contribution >= 0.6 is 0 Å². The van der Waals surface area contributed by atoms with Crippen molar-refractivity contribution in [2.24, 2.45) is 0 Å². The highest BCUT2D eigenvalue weighted by atomic mass is 19.4. The quantitative estimate of drug-likeness (QED) is 0.725. The number of carbonyl (C=O) groups excluding carboxylic acids is 1. The third kappa shape index (κ3) is 2.91. The van der Waals surface area contributed by atoms with Crippen LogP contribution in [0.5, 0.6) is 0 Å². The van der Waals surface area contributed by atoms with E-state index in [0.717, 1.165) is 12.1 Å². The molecule has 1 aromatic rings. The summed E-state index contributed by atoms with van der Waals surface area (Å²) in [5.41, 5.74) is -0.278. The second-order valence-electron chi connectivity index (χ2n) is 4.68. The largest absolute Gasteiger partial charge is 0.408 e. The Balaban J connectivity index is 2.27. The maximum absolute atomic E-state index is 13.1. The van der Waals surface area contributed by atoms with Crippen molar-refractivity contribution >= 4 is 5.91 Å². The molecule has 1 aliphatic rings. The second kappa shape index (κ2) is 5.38. The number of benzene rings is 1. The first-order valence-electron chi connectivity index (χ1n) is 6.13. The van der Waals surface area contributed by atoms with Gasteiger partial charge in [-0.3, -0.25) is 4.79 Å². The third-order valence-electron chi connectivity index (χ3n) is 3.31. The van der Waals surface area contributed by atoms with Crippen LogP contribution in [0.15, 0.2) is 18.2 Å². The SMILES string of the molecule is O=C(c1ccc(F)c(F)c1)N1CCCC[C@@H]1C(F)(F)F. The van der Waals surface area contributed by atoms with Gasteiger partial charge in [0, 0.05) is 12.1 Å². The van der Waals surface area contributed by atoms with Crippen molar-refractivity contribution in [3.8, 4) is 0 Å². The molecular weight excluding hydrogens is 281 g/mol. The van der Waals surface area contributed by atoms with Gasteiger partial charge in [-0.1, -0.05) is 0 Å². The molecule has 110 valence electrons. The molecule has 1 fully saturated rings. The zero-order valence-electron chi connectivity index (χ0n) is 10.4. The maximum Gasteiger partial charge on any atom is 0.408 e. The lowest BCUT2D eigenvalue weighted by Gasteiger charge is -2.36. The maximum atomic E-state index is 13.1. The van der Waals surface area contributed by atoms with E-state index in [2.05, 4.69) is 0 Å². The fraction of sp³-hybridized carbons (Fsp3) is 0.462. The summed E-state index contributed by atoms with van der Waals surface area (Å²) < 4.78 is 64.5. The Morgan fingerprint density at radius 1 is 1.15 bits per heavy atom. The Kier molecular flexibility index (Phi) is 3.96. The lowest BCUT2D eigenvalue weighted by Crippen LogP contribution is -2.51. The van der Waals surface area contributed by atoms with E-state index in [0.29, 0.717) is 23.8 Å². The molecule has 1 amide bonds. The number of nitrogens with zero attached hydrogens (tertiary/aromatic N) is 1. The normalized spacial score (nSPS) is 20.1. The zero-order valence-corrected chi connectivity index (χ0v) is 10.4. The van der Waals surface area contributed by atoms with Crippen LogP contribution in [0.25, 0.3) is 0 Å². The van der Waals surface area contributed by atoms with Crippen LogP contribution in [0.3, 0.4) is 0 Å². The number of carbonyl (C=O) groups is 1. The molecule has 0 saturated carbocycles. The number of alkyl halides is 3. The number of hydrogen-bond acceptors (Lipinski definition) is 1. The summed E-state index contributed by atoms with van der Waals surface area (Å²) in [7, 11) is 0. The highest BCUT2D eigenvalue weighted by molar-refractivity contribution is 5.94. The molecule has 0 N–H and O–H groups in total. The first-order chi connectivity index (χ1) is 9.30. The fourth-order valence-electron chi connectivity index (χ4n) is 2.31. The number of amides is 1. The Morgan fingerprint density at radius 3 is 2.45 bits per heavy atom. The summed E-state index contributed by atoms with van der Waals surface area (Å²) in [6.07, 6.45) is -3.85. The first-order valence-corrected chi connectivity index (χ1v) is 6.13. The Labute approximate surface area is 112 Å². The van der Waals surface area contributed by atoms with Gasteiger partial charge in [0.05, 0.1) is 0 Å². The van der Waals surface area contributed by atoms with Gasteiger partial charge in [-0.25, -0.2) is 8.78 Å². The summed E-state index contributed by atoms with van der Waals surface area (Å²) in [6.45, 7) is -0.0397. The van der Waals surface area contributed by atoms with E-state index in [9.17, 15) is 26.7 Å². The molecule has 2 rings (SSSR count). The molecule has 7 heteroatoms. The van der Waals surface area contributed by atoms with Crippen molar-refractivity contribution in [3.63, 3.8) is 0 Å². The average molecular weight is 293 g/mol. The topological polar surface area (TPSA) is 20.3 Å². The second-order valence-corrected chi connectivity index (χ2v) is 4.68. The van der Waals surface area contributed by atoms with Crippen LogP contribution in [0, 0.1) is 11.6 Å². The molecule has 1 aromatic carbocycles. The molecule has 20 heavy (non-hydrogen) atoms. The number of likely N-dealkylation sites (tertiary alicyclic amines) is 1. The monoisotopic (exact) mass is 293 g/mol. The summed E-state index contributed by atoms with van der Waals surface area (Å²) >= 11 is 0. The van der Waals surface area contributed by atoms with Crippen molar-refractivity contribution in [3.05, 3.63) is 35.4 Å². The van der Waals surface area contributed by atoms with Crippen LogP contribution in [-0.2, 0) is 0 Å². The molecule has 0 radical (unpaired) electrons. The first kappa shape index (κ1) is 14.7. The van der Waals surface area contributed by atoms with Crippen molar-refractivity contribution in [1.82, 2.24) is 4.90 Å². The minimum absolute atomic E-state index is 0.0397. The van der Waals surface area contributed by atoms with Gasteiger partial charge in [0.2, 0.25) is 0 Å². The predicted molar refractivity (Wildman–Crippen MR) is 61.1 cm³/mol. The van der Waals surface area contributed by atoms with Gasteiger partial charge in [-0.05, 0) is 37.5 Å². The van der Waals surface area contributed by atoms with E-state index in [1.165, 1.54) is 0 Å². The molecule has 0 unspecified atom stereocenters. The lowest BCUT2D eigenvalue weighted by molar-refractivity contribution is -0.183. The Hall–Kier alpha value is -1.66. The van der Waals surface area contributed by atoms with Crippen LogP contribution in [0.1, 0.15) is 29.6 Å². The summed E-state index contributed by atoms with van der Waals surface area (Å²) in [5.74, 6) is -3.32. The van der Waals surface area contributed by atoms with Crippen LogP contribution in [-0.4, -0.2) is 29.6 Å². The van der Waals surface area contributed by atoms with Crippen molar-refractivity contribution in [2.75, 3.05) is 6.54 Å². The number of halogens is 5. The minimum Gasteiger partial charge on any atom is -0.327 e. The third-order valence-corrected chi connectivity index (χ3v) is 3.31. The minimum atomic E-state index is -4.52. The van der Waals surface area contributed by atoms with Crippen LogP contribution in [0.2, 0.25) is 0 Å². The van der Waals surface area contributed by atoms with Gasteiger partial charge in [0.25, 0.3) is 5.91 Å². The van der Waals surface area contributed by atoms with Gasteiger partial charge in [0.15, 0.2) is 11.6 Å². The van der Waals surface area contributed by atoms with Gasteiger partial charge >= 0.3 is 6.18 Å².